The van der Waals surface area contributed by atoms with Crippen LogP contribution in [0, 0.1) is 12.7 Å². The number of halogens is 1. The molecular weight excluding hydrogens is 353 g/mol. The molecular formula is C23H18FN3O. The van der Waals surface area contributed by atoms with Crippen molar-refractivity contribution in [2.45, 2.75) is 6.92 Å². The number of nitrogens with one attached hydrogen (secondary N) is 1. The molecule has 4 nitrogen and oxygen atoms in total. The molecule has 1 heterocycles. The van der Waals surface area contributed by atoms with Crippen LogP contribution in [0.15, 0.2) is 85.1 Å². The molecule has 1 N–H and O–H groups in total. The molecule has 28 heavy (non-hydrogen) atoms. The maximum absolute atomic E-state index is 13.4. The molecule has 0 unspecified atom stereocenters. The van der Waals surface area contributed by atoms with Gasteiger partial charge >= 0.3 is 0 Å². The lowest BCUT2D eigenvalue weighted by atomic mass is 10.1. The standard InChI is InChI=1S/C23H18FN3O/c1-16-14-18(24)12-13-21(16)25-23(28)20-15-27(19-10-6-3-7-11-19)26-22(20)17-8-4-2-5-9-17/h2-15H,1H3,(H,25,28). The first-order valence-corrected chi connectivity index (χ1v) is 8.90. The molecule has 0 aliphatic rings. The van der Waals surface area contributed by atoms with Gasteiger partial charge < -0.3 is 5.32 Å². The highest BCUT2D eigenvalue weighted by Crippen LogP contribution is 2.25. The summed E-state index contributed by atoms with van der Waals surface area (Å²) in [5, 5.41) is 7.52. The van der Waals surface area contributed by atoms with Crippen molar-refractivity contribution < 1.29 is 9.18 Å². The molecule has 5 heteroatoms. The number of hydrogen-bond donors (Lipinski definition) is 1. The van der Waals surface area contributed by atoms with Crippen LogP contribution in [0.3, 0.4) is 0 Å². The smallest absolute Gasteiger partial charge is 0.259 e. The highest BCUT2D eigenvalue weighted by atomic mass is 19.1. The minimum absolute atomic E-state index is 0.296. The predicted molar refractivity (Wildman–Crippen MR) is 108 cm³/mol. The number of aryl methyl sites for hydroxylation is 1. The van der Waals surface area contributed by atoms with E-state index in [1.165, 1.54) is 12.1 Å². The second-order valence-corrected chi connectivity index (χ2v) is 6.45. The number of hydrogen-bond acceptors (Lipinski definition) is 2. The number of aromatic nitrogens is 2. The number of rotatable bonds is 4. The highest BCUT2D eigenvalue weighted by molar-refractivity contribution is 6.08. The maximum Gasteiger partial charge on any atom is 0.259 e. The highest BCUT2D eigenvalue weighted by Gasteiger charge is 2.19. The molecule has 0 aliphatic heterocycles. The largest absolute Gasteiger partial charge is 0.322 e. The van der Waals surface area contributed by atoms with Gasteiger partial charge in [0.2, 0.25) is 0 Å². The van der Waals surface area contributed by atoms with Crippen molar-refractivity contribution >= 4 is 11.6 Å². The van der Waals surface area contributed by atoms with E-state index in [-0.39, 0.29) is 11.7 Å². The Balaban J connectivity index is 1.76. The van der Waals surface area contributed by atoms with Gasteiger partial charge in [-0.1, -0.05) is 48.5 Å². The maximum atomic E-state index is 13.4. The summed E-state index contributed by atoms with van der Waals surface area (Å²) >= 11 is 0. The number of amides is 1. The molecule has 3 aromatic carbocycles. The molecule has 0 atom stereocenters. The molecule has 4 aromatic rings. The fourth-order valence-electron chi connectivity index (χ4n) is 3.02. The van der Waals surface area contributed by atoms with E-state index in [1.807, 2.05) is 60.7 Å². The van der Waals surface area contributed by atoms with E-state index < -0.39 is 0 Å². The van der Waals surface area contributed by atoms with Gasteiger partial charge in [0, 0.05) is 17.4 Å². The number of anilines is 1. The number of carbonyl (C=O) groups is 1. The second kappa shape index (κ2) is 7.48. The van der Waals surface area contributed by atoms with Crippen LogP contribution in [0.4, 0.5) is 10.1 Å². The predicted octanol–water partition coefficient (Wildman–Crippen LogP) is 5.24. The first-order chi connectivity index (χ1) is 13.6. The summed E-state index contributed by atoms with van der Waals surface area (Å²) < 4.78 is 15.0. The zero-order valence-corrected chi connectivity index (χ0v) is 15.3. The van der Waals surface area contributed by atoms with Gasteiger partial charge in [-0.15, -0.1) is 0 Å². The van der Waals surface area contributed by atoms with Crippen molar-refractivity contribution in [2.75, 3.05) is 5.32 Å². The van der Waals surface area contributed by atoms with E-state index in [0.29, 0.717) is 22.5 Å². The van der Waals surface area contributed by atoms with Crippen LogP contribution >= 0.6 is 0 Å². The first-order valence-electron chi connectivity index (χ1n) is 8.90. The Hall–Kier alpha value is -3.73. The van der Waals surface area contributed by atoms with Crippen LogP contribution in [0.2, 0.25) is 0 Å². The van der Waals surface area contributed by atoms with Crippen molar-refractivity contribution in [2.24, 2.45) is 0 Å². The van der Waals surface area contributed by atoms with Crippen molar-refractivity contribution in [3.05, 3.63) is 102 Å². The van der Waals surface area contributed by atoms with E-state index in [0.717, 1.165) is 11.3 Å². The van der Waals surface area contributed by atoms with Crippen LogP contribution in [0.25, 0.3) is 16.9 Å². The van der Waals surface area contributed by atoms with Crippen molar-refractivity contribution in [3.8, 4) is 16.9 Å². The molecule has 1 aromatic heterocycles. The van der Waals surface area contributed by atoms with Crippen LogP contribution in [-0.2, 0) is 0 Å². The summed E-state index contributed by atoms with van der Waals surface area (Å²) in [5.74, 6) is -0.631. The molecule has 0 radical (unpaired) electrons. The Kier molecular flexibility index (Phi) is 4.72. The molecule has 0 saturated heterocycles. The molecule has 0 saturated carbocycles. The van der Waals surface area contributed by atoms with Crippen molar-refractivity contribution in [1.82, 2.24) is 9.78 Å². The number of benzene rings is 3. The van der Waals surface area contributed by atoms with E-state index in [4.69, 9.17) is 0 Å². The monoisotopic (exact) mass is 371 g/mol. The van der Waals surface area contributed by atoms with Crippen LogP contribution in [0.5, 0.6) is 0 Å². The molecule has 0 aliphatic carbocycles. The van der Waals surface area contributed by atoms with Gasteiger partial charge in [-0.25, -0.2) is 9.07 Å². The van der Waals surface area contributed by atoms with Crippen LogP contribution in [-0.4, -0.2) is 15.7 Å². The summed E-state index contributed by atoms with van der Waals surface area (Å²) in [5.41, 5.74) is 3.96. The van der Waals surface area contributed by atoms with E-state index in [1.54, 1.807) is 23.9 Å². The Morgan fingerprint density at radius 3 is 2.32 bits per heavy atom. The summed E-state index contributed by atoms with van der Waals surface area (Å²) in [6.45, 7) is 1.75. The average Bonchev–Trinajstić information content (AvgIpc) is 3.17. The van der Waals surface area contributed by atoms with Gasteiger partial charge in [0.25, 0.3) is 5.91 Å². The van der Waals surface area contributed by atoms with Crippen molar-refractivity contribution in [1.29, 1.82) is 0 Å². The fourth-order valence-corrected chi connectivity index (χ4v) is 3.02. The molecule has 4 rings (SSSR count). The van der Waals surface area contributed by atoms with E-state index in [2.05, 4.69) is 10.4 Å². The van der Waals surface area contributed by atoms with Gasteiger partial charge in [0.15, 0.2) is 0 Å². The van der Waals surface area contributed by atoms with Gasteiger partial charge in [-0.2, -0.15) is 5.10 Å². The van der Waals surface area contributed by atoms with Crippen LogP contribution in [0.1, 0.15) is 15.9 Å². The Labute approximate surface area is 162 Å². The molecule has 1 amide bonds. The number of para-hydroxylation sites is 1. The number of carbonyl (C=O) groups excluding carboxylic acids is 1. The van der Waals surface area contributed by atoms with Gasteiger partial charge in [-0.3, -0.25) is 4.79 Å². The Morgan fingerprint density at radius 1 is 0.964 bits per heavy atom. The number of nitrogens with zero attached hydrogens (tertiary/aromatic N) is 2. The summed E-state index contributed by atoms with van der Waals surface area (Å²) in [6.07, 6.45) is 1.71. The van der Waals surface area contributed by atoms with Gasteiger partial charge in [0.1, 0.15) is 11.5 Å². The lowest BCUT2D eigenvalue weighted by molar-refractivity contribution is 0.102. The molecule has 138 valence electrons. The third-order valence-electron chi connectivity index (χ3n) is 4.46. The van der Waals surface area contributed by atoms with E-state index in [9.17, 15) is 9.18 Å². The second-order valence-electron chi connectivity index (χ2n) is 6.45. The van der Waals surface area contributed by atoms with Crippen molar-refractivity contribution in [3.63, 3.8) is 0 Å². The van der Waals surface area contributed by atoms with E-state index >= 15 is 0 Å². The molecule has 0 spiro atoms. The Bertz CT molecular complexity index is 1120. The molecule has 0 bridgehead atoms. The Morgan fingerprint density at radius 2 is 1.64 bits per heavy atom. The lowest BCUT2D eigenvalue weighted by Crippen LogP contribution is -2.13. The van der Waals surface area contributed by atoms with Gasteiger partial charge in [0.05, 0.1) is 11.3 Å². The first kappa shape index (κ1) is 17.7. The summed E-state index contributed by atoms with van der Waals surface area (Å²) in [7, 11) is 0. The summed E-state index contributed by atoms with van der Waals surface area (Å²) in [6, 6.07) is 23.4. The minimum atomic E-state index is -0.336. The third-order valence-corrected chi connectivity index (χ3v) is 4.46. The fraction of sp³-hybridized carbons (Fsp3) is 0.0435. The summed E-state index contributed by atoms with van der Waals surface area (Å²) in [4.78, 5) is 13.0. The van der Waals surface area contributed by atoms with Crippen LogP contribution < -0.4 is 5.32 Å². The third kappa shape index (κ3) is 3.55. The molecule has 0 fully saturated rings. The quantitative estimate of drug-likeness (QED) is 0.533. The minimum Gasteiger partial charge on any atom is -0.322 e. The average molecular weight is 371 g/mol. The normalized spacial score (nSPS) is 10.6. The SMILES string of the molecule is Cc1cc(F)ccc1NC(=O)c1cn(-c2ccccc2)nc1-c1ccccc1. The lowest BCUT2D eigenvalue weighted by Gasteiger charge is -2.08. The zero-order chi connectivity index (χ0) is 19.5. The van der Waals surface area contributed by atoms with Gasteiger partial charge in [-0.05, 0) is 42.8 Å². The topological polar surface area (TPSA) is 46.9 Å². The zero-order valence-electron chi connectivity index (χ0n) is 15.3.